The lowest BCUT2D eigenvalue weighted by molar-refractivity contribution is 0.262. The molecule has 0 saturated carbocycles. The molecule has 0 aromatic carbocycles. The third-order valence-electron chi connectivity index (χ3n) is 0.604. The first-order valence-corrected chi connectivity index (χ1v) is 1.81. The van der Waals surface area contributed by atoms with Crippen molar-refractivity contribution in [3.05, 3.63) is 0 Å². The molecule has 1 aliphatic rings. The van der Waals surface area contributed by atoms with Crippen molar-refractivity contribution >= 4 is 7.32 Å². The Morgan fingerprint density at radius 2 is 1.83 bits per heavy atom. The molecule has 0 amide bonds. The van der Waals surface area contributed by atoms with Gasteiger partial charge < -0.3 is 14.3 Å². The second kappa shape index (κ2) is 1.60. The maximum Gasteiger partial charge on any atom is 0.636 e. The van der Waals surface area contributed by atoms with Crippen molar-refractivity contribution in [3.8, 4) is 0 Å². The SMILES string of the molecule is OB1OCCO1. The summed E-state index contributed by atoms with van der Waals surface area (Å²) in [6.45, 7) is 1.03. The quantitative estimate of drug-likeness (QED) is 0.386. The van der Waals surface area contributed by atoms with E-state index in [0.717, 1.165) is 0 Å². The smallest absolute Gasteiger partial charge is 0.402 e. The topological polar surface area (TPSA) is 38.7 Å². The van der Waals surface area contributed by atoms with Crippen LogP contribution in [0, 0.1) is 0 Å². The summed E-state index contributed by atoms with van der Waals surface area (Å²) in [4.78, 5) is 0. The van der Waals surface area contributed by atoms with Gasteiger partial charge in [0.1, 0.15) is 0 Å². The van der Waals surface area contributed by atoms with E-state index in [9.17, 15) is 0 Å². The van der Waals surface area contributed by atoms with E-state index in [1.165, 1.54) is 0 Å². The molecule has 6 heavy (non-hydrogen) atoms. The minimum Gasteiger partial charge on any atom is -0.402 e. The van der Waals surface area contributed by atoms with Gasteiger partial charge in [0.2, 0.25) is 0 Å². The van der Waals surface area contributed by atoms with Gasteiger partial charge in [0.25, 0.3) is 0 Å². The van der Waals surface area contributed by atoms with E-state index in [1.807, 2.05) is 0 Å². The zero-order valence-electron chi connectivity index (χ0n) is 3.26. The Morgan fingerprint density at radius 1 is 1.33 bits per heavy atom. The maximum atomic E-state index is 8.28. The molecule has 1 fully saturated rings. The Labute approximate surface area is 36.0 Å². The third kappa shape index (κ3) is 0.709. The molecule has 1 aliphatic heterocycles. The molecule has 1 rings (SSSR count). The first kappa shape index (κ1) is 4.11. The van der Waals surface area contributed by atoms with Crippen LogP contribution in [0.4, 0.5) is 0 Å². The third-order valence-corrected chi connectivity index (χ3v) is 0.604. The van der Waals surface area contributed by atoms with Crippen LogP contribution in [0.1, 0.15) is 0 Å². The van der Waals surface area contributed by atoms with E-state index >= 15 is 0 Å². The van der Waals surface area contributed by atoms with Crippen LogP contribution in [-0.4, -0.2) is 25.6 Å². The van der Waals surface area contributed by atoms with Gasteiger partial charge in [-0.3, -0.25) is 0 Å². The molecule has 3 nitrogen and oxygen atoms in total. The average Bonchev–Trinajstić information content (AvgIpc) is 1.86. The highest BCUT2D eigenvalue weighted by Crippen LogP contribution is 1.92. The van der Waals surface area contributed by atoms with Crippen molar-refractivity contribution in [2.45, 2.75) is 0 Å². The lowest BCUT2D eigenvalue weighted by Gasteiger charge is -1.84. The summed E-state index contributed by atoms with van der Waals surface area (Å²) >= 11 is 0. The Balaban J connectivity index is 2.18. The molecule has 0 atom stereocenters. The standard InChI is InChI=1S/C2H5BO3/c4-3-5-1-2-6-3/h4H,1-2H2. The summed E-state index contributed by atoms with van der Waals surface area (Å²) in [5, 5.41) is 8.28. The second-order valence-electron chi connectivity index (χ2n) is 1.05. The van der Waals surface area contributed by atoms with Crippen molar-refractivity contribution in [2.75, 3.05) is 13.2 Å². The van der Waals surface area contributed by atoms with Crippen LogP contribution in [0.15, 0.2) is 0 Å². The van der Waals surface area contributed by atoms with E-state index < -0.39 is 7.32 Å². The molecule has 0 unspecified atom stereocenters. The monoisotopic (exact) mass is 88.0 g/mol. The molecule has 0 bridgehead atoms. The minimum atomic E-state index is -0.954. The molecular weight excluding hydrogens is 82.8 g/mol. The minimum absolute atomic E-state index is 0.515. The summed E-state index contributed by atoms with van der Waals surface area (Å²) < 4.78 is 8.97. The molecule has 0 aromatic rings. The fourth-order valence-electron chi connectivity index (χ4n) is 0.346. The number of hydrogen-bond acceptors (Lipinski definition) is 3. The van der Waals surface area contributed by atoms with Crippen LogP contribution in [0.5, 0.6) is 0 Å². The van der Waals surface area contributed by atoms with Crippen molar-refractivity contribution in [1.82, 2.24) is 0 Å². The second-order valence-corrected chi connectivity index (χ2v) is 1.05. The van der Waals surface area contributed by atoms with E-state index in [0.29, 0.717) is 13.2 Å². The van der Waals surface area contributed by atoms with Crippen molar-refractivity contribution in [3.63, 3.8) is 0 Å². The van der Waals surface area contributed by atoms with Gasteiger partial charge in [-0.1, -0.05) is 0 Å². The number of hydrogen-bond donors (Lipinski definition) is 1. The van der Waals surface area contributed by atoms with E-state index in [1.54, 1.807) is 0 Å². The largest absolute Gasteiger partial charge is 0.636 e. The lowest BCUT2D eigenvalue weighted by Crippen LogP contribution is -2.11. The molecule has 1 N–H and O–H groups in total. The number of rotatable bonds is 0. The van der Waals surface area contributed by atoms with Crippen LogP contribution in [0.25, 0.3) is 0 Å². The Morgan fingerprint density at radius 3 is 2.00 bits per heavy atom. The Hall–Kier alpha value is -0.0551. The highest BCUT2D eigenvalue weighted by molar-refractivity contribution is 6.35. The summed E-state index contributed by atoms with van der Waals surface area (Å²) in [7, 11) is -0.954. The van der Waals surface area contributed by atoms with Crippen LogP contribution < -0.4 is 0 Å². The summed E-state index contributed by atoms with van der Waals surface area (Å²) in [5.74, 6) is 0. The molecule has 34 valence electrons. The molecular formula is C2H5BO3. The van der Waals surface area contributed by atoms with Gasteiger partial charge in [0, 0.05) is 0 Å². The predicted molar refractivity (Wildman–Crippen MR) is 19.9 cm³/mol. The summed E-state index contributed by atoms with van der Waals surface area (Å²) in [5.41, 5.74) is 0. The van der Waals surface area contributed by atoms with Crippen LogP contribution in [0.3, 0.4) is 0 Å². The zero-order chi connectivity index (χ0) is 4.41. The lowest BCUT2D eigenvalue weighted by atomic mass is 10.3. The zero-order valence-corrected chi connectivity index (χ0v) is 3.26. The molecule has 1 saturated heterocycles. The van der Waals surface area contributed by atoms with Crippen LogP contribution >= 0.6 is 0 Å². The Bertz CT molecular complexity index is 42.1. The molecule has 0 aromatic heterocycles. The van der Waals surface area contributed by atoms with E-state index in [2.05, 4.69) is 9.31 Å². The van der Waals surface area contributed by atoms with Gasteiger partial charge in [-0.15, -0.1) is 0 Å². The van der Waals surface area contributed by atoms with Gasteiger partial charge in [0.05, 0.1) is 13.2 Å². The molecule has 1 heterocycles. The Kier molecular flexibility index (Phi) is 1.09. The average molecular weight is 87.9 g/mol. The van der Waals surface area contributed by atoms with Gasteiger partial charge in [-0.05, 0) is 0 Å². The van der Waals surface area contributed by atoms with E-state index in [-0.39, 0.29) is 0 Å². The van der Waals surface area contributed by atoms with Gasteiger partial charge in [-0.25, -0.2) is 0 Å². The van der Waals surface area contributed by atoms with Gasteiger partial charge >= 0.3 is 7.32 Å². The first-order valence-electron chi connectivity index (χ1n) is 1.81. The predicted octanol–water partition coefficient (Wildman–Crippen LogP) is -0.990. The molecule has 0 radical (unpaired) electrons. The maximum absolute atomic E-state index is 8.28. The summed E-state index contributed by atoms with van der Waals surface area (Å²) in [6, 6.07) is 0. The molecule has 0 aliphatic carbocycles. The van der Waals surface area contributed by atoms with Crippen molar-refractivity contribution in [1.29, 1.82) is 0 Å². The van der Waals surface area contributed by atoms with Gasteiger partial charge in [0.15, 0.2) is 0 Å². The van der Waals surface area contributed by atoms with Crippen LogP contribution in [0.2, 0.25) is 0 Å². The highest BCUT2D eigenvalue weighted by atomic mass is 16.7. The van der Waals surface area contributed by atoms with Gasteiger partial charge in [-0.2, -0.15) is 0 Å². The normalized spacial score (nSPS) is 22.5. The fraction of sp³-hybridized carbons (Fsp3) is 1.00. The highest BCUT2D eigenvalue weighted by Gasteiger charge is 2.20. The van der Waals surface area contributed by atoms with Crippen molar-refractivity contribution in [2.24, 2.45) is 0 Å². The van der Waals surface area contributed by atoms with Crippen molar-refractivity contribution < 1.29 is 14.3 Å². The molecule has 4 heteroatoms. The fourth-order valence-corrected chi connectivity index (χ4v) is 0.346. The van der Waals surface area contributed by atoms with Crippen LogP contribution in [-0.2, 0) is 9.31 Å². The van der Waals surface area contributed by atoms with E-state index in [4.69, 9.17) is 5.02 Å². The first-order chi connectivity index (χ1) is 2.89. The summed E-state index contributed by atoms with van der Waals surface area (Å²) in [6.07, 6.45) is 0. The molecule has 0 spiro atoms.